The number of rotatable bonds is 9. The van der Waals surface area contributed by atoms with E-state index >= 15 is 0 Å². The molecule has 3 rings (SSSR count). The first-order valence-corrected chi connectivity index (χ1v) is 9.68. The molecular formula is C20H26ClNO4. The van der Waals surface area contributed by atoms with E-state index in [1.807, 2.05) is 30.3 Å². The first-order valence-electron chi connectivity index (χ1n) is 9.30. The van der Waals surface area contributed by atoms with Crippen molar-refractivity contribution in [2.24, 2.45) is 5.92 Å². The highest BCUT2D eigenvalue weighted by Gasteiger charge is 2.29. The maximum Gasteiger partial charge on any atom is 0.286 e. The molecule has 1 heterocycles. The van der Waals surface area contributed by atoms with Gasteiger partial charge in [-0.15, -0.1) is 0 Å². The van der Waals surface area contributed by atoms with Crippen LogP contribution in [0, 0.1) is 5.92 Å². The smallest absolute Gasteiger partial charge is 0.286 e. The van der Waals surface area contributed by atoms with E-state index in [1.165, 1.54) is 12.8 Å². The first kappa shape index (κ1) is 19.2. The number of hydrogen-bond acceptors (Lipinski definition) is 4. The lowest BCUT2D eigenvalue weighted by Gasteiger charge is -2.29. The van der Waals surface area contributed by atoms with Crippen molar-refractivity contribution in [3.8, 4) is 0 Å². The fourth-order valence-electron chi connectivity index (χ4n) is 2.94. The summed E-state index contributed by atoms with van der Waals surface area (Å²) >= 11 is 5.98. The number of nitrogens with one attached hydrogen (secondary N) is 1. The van der Waals surface area contributed by atoms with Crippen LogP contribution in [0.5, 0.6) is 0 Å². The van der Waals surface area contributed by atoms with Gasteiger partial charge in [0.15, 0.2) is 5.76 Å². The minimum absolute atomic E-state index is 0.0329. The summed E-state index contributed by atoms with van der Waals surface area (Å²) in [5.74, 6) is 0.787. The minimum atomic E-state index is -0.471. The van der Waals surface area contributed by atoms with Crippen LogP contribution in [0.4, 0.5) is 0 Å². The normalized spacial score (nSPS) is 22.5. The molecule has 2 atom stereocenters. The number of amides is 1. The lowest BCUT2D eigenvalue weighted by atomic mass is 9.93. The summed E-state index contributed by atoms with van der Waals surface area (Å²) in [4.78, 5) is 12.5. The predicted octanol–water partition coefficient (Wildman–Crippen LogP) is 3.37. The van der Waals surface area contributed by atoms with Gasteiger partial charge < -0.3 is 19.9 Å². The molecule has 1 amide bonds. The van der Waals surface area contributed by atoms with Crippen LogP contribution >= 0.6 is 11.6 Å². The molecule has 2 N–H and O–H groups in total. The molecule has 5 nitrogen and oxygen atoms in total. The number of carbonyl (C=O) groups is 1. The molecule has 1 fully saturated rings. The van der Waals surface area contributed by atoms with E-state index < -0.39 is 6.29 Å². The summed E-state index contributed by atoms with van der Waals surface area (Å²) in [6, 6.07) is 7.64. The average Bonchev–Trinajstić information content (AvgIpc) is 3.48. The van der Waals surface area contributed by atoms with E-state index in [9.17, 15) is 4.79 Å². The second-order valence-electron chi connectivity index (χ2n) is 6.93. The third kappa shape index (κ3) is 5.73. The van der Waals surface area contributed by atoms with Crippen molar-refractivity contribution >= 4 is 17.5 Å². The highest BCUT2D eigenvalue weighted by atomic mass is 35.5. The summed E-state index contributed by atoms with van der Waals surface area (Å²) in [6.45, 7) is 1.35. The van der Waals surface area contributed by atoms with Crippen molar-refractivity contribution in [3.05, 3.63) is 46.7 Å². The Kier molecular flexibility index (Phi) is 6.94. The molecule has 142 valence electrons. The number of benzene rings is 1. The molecule has 0 saturated heterocycles. The molecule has 1 saturated carbocycles. The van der Waals surface area contributed by atoms with Crippen molar-refractivity contribution in [3.63, 3.8) is 0 Å². The molecule has 26 heavy (non-hydrogen) atoms. The van der Waals surface area contributed by atoms with E-state index in [0.717, 1.165) is 12.0 Å². The van der Waals surface area contributed by atoms with E-state index in [-0.39, 0.29) is 18.4 Å². The topological polar surface area (TPSA) is 67.8 Å². The third-order valence-electron chi connectivity index (χ3n) is 4.68. The quantitative estimate of drug-likeness (QED) is 0.645. The van der Waals surface area contributed by atoms with E-state index in [0.29, 0.717) is 42.7 Å². The summed E-state index contributed by atoms with van der Waals surface area (Å²) < 4.78 is 11.6. The molecule has 2 aliphatic rings. The van der Waals surface area contributed by atoms with Crippen LogP contribution in [-0.2, 0) is 14.3 Å². The van der Waals surface area contributed by atoms with E-state index in [1.54, 1.807) is 0 Å². The van der Waals surface area contributed by atoms with Gasteiger partial charge in [0.2, 0.25) is 6.29 Å². The van der Waals surface area contributed by atoms with Crippen LogP contribution in [0.3, 0.4) is 0 Å². The van der Waals surface area contributed by atoms with E-state index in [4.69, 9.17) is 26.2 Å². The van der Waals surface area contributed by atoms with Crippen molar-refractivity contribution in [2.75, 3.05) is 19.8 Å². The standard InChI is InChI=1S/C20H26ClNO4/c21-17-7-5-15(6-8-17)16-11-18(20(24)22-13-14-3-4-14)26-19(12-16)25-10-2-1-9-23/h5-8,11,14,16,19,23H,1-4,9-10,12-13H2,(H,22,24)/t16-,19+/m0/s1. The fraction of sp³-hybridized carbons (Fsp3) is 0.550. The summed E-state index contributed by atoms with van der Waals surface area (Å²) in [6.07, 6.45) is 5.86. The van der Waals surface area contributed by atoms with Crippen molar-refractivity contribution in [1.82, 2.24) is 5.32 Å². The van der Waals surface area contributed by atoms with Crippen LogP contribution in [-0.4, -0.2) is 37.1 Å². The molecule has 1 aromatic carbocycles. The lowest BCUT2D eigenvalue weighted by Crippen LogP contribution is -2.34. The summed E-state index contributed by atoms with van der Waals surface area (Å²) in [5.41, 5.74) is 1.08. The second kappa shape index (κ2) is 9.40. The Morgan fingerprint density at radius 1 is 1.27 bits per heavy atom. The maximum atomic E-state index is 12.5. The van der Waals surface area contributed by atoms with Gasteiger partial charge in [0.25, 0.3) is 5.91 Å². The van der Waals surface area contributed by atoms with E-state index in [2.05, 4.69) is 5.32 Å². The van der Waals surface area contributed by atoms with Crippen LogP contribution in [0.15, 0.2) is 36.1 Å². The number of aliphatic hydroxyl groups excluding tert-OH is 1. The van der Waals surface area contributed by atoms with Gasteiger partial charge in [-0.25, -0.2) is 0 Å². The van der Waals surface area contributed by atoms with Crippen molar-refractivity contribution in [2.45, 2.75) is 44.3 Å². The van der Waals surface area contributed by atoms with Gasteiger partial charge >= 0.3 is 0 Å². The van der Waals surface area contributed by atoms with Crippen LogP contribution in [0.2, 0.25) is 5.02 Å². The first-order chi connectivity index (χ1) is 12.7. The molecule has 1 aliphatic carbocycles. The van der Waals surface area contributed by atoms with Gasteiger partial charge in [0, 0.05) is 30.5 Å². The molecule has 0 radical (unpaired) electrons. The van der Waals surface area contributed by atoms with Crippen LogP contribution in [0.25, 0.3) is 0 Å². The summed E-state index contributed by atoms with van der Waals surface area (Å²) in [5, 5.41) is 12.5. The van der Waals surface area contributed by atoms with Gasteiger partial charge in [-0.1, -0.05) is 23.7 Å². The monoisotopic (exact) mass is 379 g/mol. The van der Waals surface area contributed by atoms with Gasteiger partial charge in [-0.2, -0.15) is 0 Å². The largest absolute Gasteiger partial charge is 0.459 e. The molecule has 1 aromatic rings. The number of hydrogen-bond donors (Lipinski definition) is 2. The fourth-order valence-corrected chi connectivity index (χ4v) is 3.06. The maximum absolute atomic E-state index is 12.5. The lowest BCUT2D eigenvalue weighted by molar-refractivity contribution is -0.146. The SMILES string of the molecule is O=C(NCC1CC1)C1=C[C@H](c2ccc(Cl)cc2)C[C@H](OCCCCO)O1. The number of aliphatic hydroxyl groups is 1. The Hall–Kier alpha value is -1.56. The number of unbranched alkanes of at least 4 members (excludes halogenated alkanes) is 1. The number of ether oxygens (including phenoxy) is 2. The Balaban J connectivity index is 1.66. The Morgan fingerprint density at radius 2 is 2.04 bits per heavy atom. The molecule has 0 unspecified atom stereocenters. The zero-order valence-electron chi connectivity index (χ0n) is 14.8. The highest BCUT2D eigenvalue weighted by molar-refractivity contribution is 6.30. The Morgan fingerprint density at radius 3 is 2.73 bits per heavy atom. The number of allylic oxidation sites excluding steroid dienone is 1. The van der Waals surface area contributed by atoms with Crippen LogP contribution < -0.4 is 5.32 Å². The highest BCUT2D eigenvalue weighted by Crippen LogP contribution is 2.32. The molecule has 1 aliphatic heterocycles. The van der Waals surface area contributed by atoms with Gasteiger partial charge in [-0.3, -0.25) is 4.79 Å². The number of halogens is 1. The number of carbonyl (C=O) groups excluding carboxylic acids is 1. The molecule has 6 heteroatoms. The third-order valence-corrected chi connectivity index (χ3v) is 4.94. The summed E-state index contributed by atoms with van der Waals surface area (Å²) in [7, 11) is 0. The minimum Gasteiger partial charge on any atom is -0.459 e. The second-order valence-corrected chi connectivity index (χ2v) is 7.36. The molecular weight excluding hydrogens is 354 g/mol. The predicted molar refractivity (Wildman–Crippen MR) is 99.8 cm³/mol. The van der Waals surface area contributed by atoms with Crippen LogP contribution in [0.1, 0.15) is 43.6 Å². The Bertz CT molecular complexity index is 627. The zero-order valence-corrected chi connectivity index (χ0v) is 15.6. The molecule has 0 aromatic heterocycles. The van der Waals surface area contributed by atoms with Crippen molar-refractivity contribution < 1.29 is 19.4 Å². The molecule has 0 bridgehead atoms. The van der Waals surface area contributed by atoms with Gasteiger partial charge in [-0.05, 0) is 55.4 Å². The van der Waals surface area contributed by atoms with Gasteiger partial charge in [0.05, 0.1) is 6.61 Å². The van der Waals surface area contributed by atoms with Gasteiger partial charge in [0.1, 0.15) is 0 Å². The molecule has 0 spiro atoms. The van der Waals surface area contributed by atoms with Crippen molar-refractivity contribution in [1.29, 1.82) is 0 Å². The zero-order chi connectivity index (χ0) is 18.4. The Labute approximate surface area is 159 Å². The average molecular weight is 380 g/mol.